The number of aromatic amines is 1. The first kappa shape index (κ1) is 20.5. The van der Waals surface area contributed by atoms with Gasteiger partial charge in [-0.2, -0.15) is 0 Å². The topological polar surface area (TPSA) is 96.0 Å². The van der Waals surface area contributed by atoms with Crippen LogP contribution in [0.25, 0.3) is 22.4 Å². The number of carbonyl (C=O) groups is 1. The molecule has 0 spiro atoms. The minimum absolute atomic E-state index is 0.0119. The molecule has 1 N–H and O–H groups in total. The second-order valence-corrected chi connectivity index (χ2v) is 11.3. The van der Waals surface area contributed by atoms with Gasteiger partial charge in [-0.15, -0.1) is 0 Å². The van der Waals surface area contributed by atoms with Crippen molar-refractivity contribution in [1.29, 1.82) is 0 Å². The van der Waals surface area contributed by atoms with E-state index in [2.05, 4.69) is 14.9 Å². The van der Waals surface area contributed by atoms with Crippen molar-refractivity contribution in [2.45, 2.75) is 32.4 Å². The molecule has 4 rings (SSSR count). The Hall–Kier alpha value is -2.74. The van der Waals surface area contributed by atoms with E-state index < -0.39 is 15.3 Å². The molecule has 158 valence electrons. The molecule has 0 amide bonds. The fraction of sp³-hybridized carbons (Fsp3) is 0.409. The van der Waals surface area contributed by atoms with Crippen molar-refractivity contribution >= 4 is 32.5 Å². The predicted octanol–water partition coefficient (Wildman–Crippen LogP) is 3.48. The number of benzene rings is 1. The summed E-state index contributed by atoms with van der Waals surface area (Å²) in [4.78, 5) is 27.1. The maximum Gasteiger partial charge on any atom is 0.171 e. The number of sulfone groups is 1. The molecule has 30 heavy (non-hydrogen) atoms. The lowest BCUT2D eigenvalue weighted by atomic mass is 9.87. The number of nitrogens with one attached hydrogen (secondary N) is 1. The number of aromatic nitrogens is 3. The van der Waals surface area contributed by atoms with Crippen LogP contribution in [0, 0.1) is 5.41 Å². The van der Waals surface area contributed by atoms with Gasteiger partial charge < -0.3 is 9.88 Å². The minimum atomic E-state index is -3.05. The number of rotatable bonds is 4. The average molecular weight is 427 g/mol. The zero-order valence-electron chi connectivity index (χ0n) is 17.6. The molecule has 2 aromatic heterocycles. The summed E-state index contributed by atoms with van der Waals surface area (Å²) in [6.07, 6.45) is 5.30. The number of hydrogen-bond donors (Lipinski definition) is 1. The molecule has 1 aliphatic rings. The smallest absolute Gasteiger partial charge is 0.171 e. The zero-order chi connectivity index (χ0) is 21.7. The van der Waals surface area contributed by atoms with Crippen LogP contribution in [-0.2, 0) is 9.84 Å². The van der Waals surface area contributed by atoms with Crippen LogP contribution in [0.5, 0.6) is 0 Å². The highest BCUT2D eigenvalue weighted by Crippen LogP contribution is 2.30. The first-order chi connectivity index (χ1) is 14.0. The molecule has 3 aromatic rings. The molecule has 0 aliphatic carbocycles. The van der Waals surface area contributed by atoms with Gasteiger partial charge in [-0.3, -0.25) is 4.79 Å². The van der Waals surface area contributed by atoms with E-state index in [1.807, 2.05) is 45.0 Å². The van der Waals surface area contributed by atoms with Crippen LogP contribution in [0.3, 0.4) is 0 Å². The Labute approximate surface area is 176 Å². The van der Waals surface area contributed by atoms with Crippen molar-refractivity contribution in [3.8, 4) is 11.3 Å². The predicted molar refractivity (Wildman–Crippen MR) is 119 cm³/mol. The van der Waals surface area contributed by atoms with Crippen LogP contribution in [0.1, 0.15) is 37.6 Å². The number of carbonyl (C=O) groups excluding carboxylic acids is 1. The summed E-state index contributed by atoms with van der Waals surface area (Å²) >= 11 is 0. The van der Waals surface area contributed by atoms with Gasteiger partial charge in [-0.1, -0.05) is 32.9 Å². The highest BCUT2D eigenvalue weighted by atomic mass is 32.2. The molecule has 1 unspecified atom stereocenters. The van der Waals surface area contributed by atoms with Crippen LogP contribution < -0.4 is 4.90 Å². The summed E-state index contributed by atoms with van der Waals surface area (Å²) in [6, 6.07) is 7.85. The van der Waals surface area contributed by atoms with Crippen LogP contribution in [-0.4, -0.2) is 53.7 Å². The van der Waals surface area contributed by atoms with Gasteiger partial charge in [0.1, 0.15) is 5.52 Å². The number of H-pyrrole nitrogens is 1. The molecule has 3 heterocycles. The minimum Gasteiger partial charge on any atom is -0.370 e. The second kappa shape index (κ2) is 7.19. The Morgan fingerprint density at radius 1 is 1.27 bits per heavy atom. The molecular formula is C22H26N4O3S. The Balaban J connectivity index is 1.68. The number of nitrogens with zero attached hydrogens (tertiary/aromatic N) is 3. The largest absolute Gasteiger partial charge is 0.370 e. The van der Waals surface area contributed by atoms with E-state index in [1.165, 1.54) is 6.26 Å². The molecule has 0 radical (unpaired) electrons. The van der Waals surface area contributed by atoms with Crippen molar-refractivity contribution in [2.24, 2.45) is 5.41 Å². The van der Waals surface area contributed by atoms with E-state index in [9.17, 15) is 13.2 Å². The van der Waals surface area contributed by atoms with Crippen molar-refractivity contribution in [2.75, 3.05) is 24.2 Å². The van der Waals surface area contributed by atoms with Gasteiger partial charge in [0.15, 0.2) is 21.3 Å². The quantitative estimate of drug-likeness (QED) is 0.642. The van der Waals surface area contributed by atoms with Gasteiger partial charge in [0, 0.05) is 42.2 Å². The molecule has 1 saturated heterocycles. The standard InChI is InChI=1S/C22H26N4O3S/c1-22(2,3)20(27)17-11-23-21-19(17)25-18(12-24-21)14-6-5-7-15(10-14)26-9-8-16(13-26)30(4,28)29/h5-7,10-12,16H,8-9,13H2,1-4H3,(H,23,24). The molecule has 0 bridgehead atoms. The molecule has 1 atom stereocenters. The Morgan fingerprint density at radius 2 is 2.03 bits per heavy atom. The number of Topliss-reactive ketones (excluding diaryl/α,β-unsaturated/α-hetero) is 1. The Bertz CT molecular complexity index is 1220. The summed E-state index contributed by atoms with van der Waals surface area (Å²) in [5, 5.41) is -0.330. The normalized spacial score (nSPS) is 17.6. The molecule has 0 saturated carbocycles. The van der Waals surface area contributed by atoms with Crippen molar-refractivity contribution in [3.05, 3.63) is 42.2 Å². The van der Waals surface area contributed by atoms with E-state index in [-0.39, 0.29) is 11.0 Å². The fourth-order valence-electron chi connectivity index (χ4n) is 3.78. The summed E-state index contributed by atoms with van der Waals surface area (Å²) in [5.74, 6) is 0.0119. The van der Waals surface area contributed by atoms with E-state index in [4.69, 9.17) is 4.98 Å². The van der Waals surface area contributed by atoms with Crippen LogP contribution in [0.2, 0.25) is 0 Å². The van der Waals surface area contributed by atoms with E-state index >= 15 is 0 Å². The maximum atomic E-state index is 12.8. The number of anilines is 1. The lowest BCUT2D eigenvalue weighted by Gasteiger charge is -2.19. The van der Waals surface area contributed by atoms with Crippen LogP contribution >= 0.6 is 0 Å². The van der Waals surface area contributed by atoms with E-state index in [0.29, 0.717) is 41.9 Å². The van der Waals surface area contributed by atoms with Gasteiger partial charge >= 0.3 is 0 Å². The monoisotopic (exact) mass is 426 g/mol. The highest BCUT2D eigenvalue weighted by Gasteiger charge is 2.30. The number of ketones is 1. The van der Waals surface area contributed by atoms with E-state index in [0.717, 1.165) is 11.3 Å². The third-order valence-corrected chi connectivity index (χ3v) is 7.16. The van der Waals surface area contributed by atoms with Gasteiger partial charge in [0.25, 0.3) is 0 Å². The van der Waals surface area contributed by atoms with Gasteiger partial charge in [0.2, 0.25) is 0 Å². The molecular weight excluding hydrogens is 400 g/mol. The third kappa shape index (κ3) is 3.84. The summed E-state index contributed by atoms with van der Waals surface area (Å²) < 4.78 is 23.8. The van der Waals surface area contributed by atoms with Crippen molar-refractivity contribution < 1.29 is 13.2 Å². The second-order valence-electron chi connectivity index (χ2n) is 8.97. The van der Waals surface area contributed by atoms with E-state index in [1.54, 1.807) is 12.4 Å². The maximum absolute atomic E-state index is 12.8. The molecule has 1 fully saturated rings. The lowest BCUT2D eigenvalue weighted by molar-refractivity contribution is 0.0860. The zero-order valence-corrected chi connectivity index (χ0v) is 18.5. The average Bonchev–Trinajstić information content (AvgIpc) is 3.33. The Kier molecular flexibility index (Phi) is 4.92. The first-order valence-corrected chi connectivity index (χ1v) is 11.9. The van der Waals surface area contributed by atoms with Crippen molar-refractivity contribution in [3.63, 3.8) is 0 Å². The Morgan fingerprint density at radius 3 is 2.70 bits per heavy atom. The molecule has 1 aromatic carbocycles. The van der Waals surface area contributed by atoms with Crippen LogP contribution in [0.4, 0.5) is 5.69 Å². The summed E-state index contributed by atoms with van der Waals surface area (Å²) in [5.41, 5.74) is 3.68. The number of fused-ring (bicyclic) bond motifs is 1. The highest BCUT2D eigenvalue weighted by molar-refractivity contribution is 7.91. The van der Waals surface area contributed by atoms with Crippen LogP contribution in [0.15, 0.2) is 36.7 Å². The summed E-state index contributed by atoms with van der Waals surface area (Å²) in [6.45, 7) is 6.85. The summed E-state index contributed by atoms with van der Waals surface area (Å²) in [7, 11) is -3.05. The van der Waals surface area contributed by atoms with Gasteiger partial charge in [-0.25, -0.2) is 18.4 Å². The van der Waals surface area contributed by atoms with Gasteiger partial charge in [-0.05, 0) is 18.6 Å². The molecule has 7 nitrogen and oxygen atoms in total. The lowest BCUT2D eigenvalue weighted by Crippen LogP contribution is -2.26. The van der Waals surface area contributed by atoms with Crippen molar-refractivity contribution in [1.82, 2.24) is 15.0 Å². The molecule has 1 aliphatic heterocycles. The van der Waals surface area contributed by atoms with Gasteiger partial charge in [0.05, 0.1) is 22.7 Å². The number of hydrogen-bond acceptors (Lipinski definition) is 6. The SMILES string of the molecule is CC(C)(C)C(=O)c1c[nH]c2ncc(-c3cccc(N4CCC(S(C)(=O)=O)C4)c3)nc12. The fourth-order valence-corrected chi connectivity index (χ4v) is 4.77. The first-order valence-electron chi connectivity index (χ1n) is 9.97. The molecule has 8 heteroatoms. The third-order valence-electron chi connectivity index (χ3n) is 5.56.